The number of benzene rings is 2. The predicted octanol–water partition coefficient (Wildman–Crippen LogP) is 3.30. The van der Waals surface area contributed by atoms with Gasteiger partial charge in [0.05, 0.1) is 30.2 Å². The van der Waals surface area contributed by atoms with E-state index in [9.17, 15) is 8.42 Å². The van der Waals surface area contributed by atoms with Crippen LogP contribution in [0, 0.1) is 5.41 Å². The summed E-state index contributed by atoms with van der Waals surface area (Å²) >= 11 is 0.973. The van der Waals surface area contributed by atoms with Crippen molar-refractivity contribution in [2.45, 2.75) is 4.90 Å². The molecule has 0 aliphatic carbocycles. The average molecular weight is 426 g/mol. The molecule has 0 saturated carbocycles. The van der Waals surface area contributed by atoms with Gasteiger partial charge in [0, 0.05) is 11.4 Å². The molecule has 0 amide bonds. The summed E-state index contributed by atoms with van der Waals surface area (Å²) in [5.74, 6) is 0.880. The third-order valence-corrected chi connectivity index (χ3v) is 6.51. The molecule has 146 valence electrons. The van der Waals surface area contributed by atoms with Crippen LogP contribution in [0.5, 0.6) is 0 Å². The largest absolute Gasteiger partial charge is 0.448 e. The normalized spacial score (nSPS) is 13.9. The Bertz CT molecular complexity index is 1330. The molecule has 2 aromatic carbocycles. The number of hydrogen-bond donors (Lipinski definition) is 3. The number of aromatic nitrogens is 2. The number of anilines is 3. The molecule has 0 atom stereocenters. The van der Waals surface area contributed by atoms with Crippen LogP contribution in [0.2, 0.25) is 0 Å². The molecule has 3 N–H and O–H groups in total. The minimum atomic E-state index is -3.82. The van der Waals surface area contributed by atoms with E-state index in [0.29, 0.717) is 40.7 Å². The molecule has 9 nitrogen and oxygen atoms in total. The van der Waals surface area contributed by atoms with Gasteiger partial charge in [0.25, 0.3) is 10.0 Å². The van der Waals surface area contributed by atoms with Crippen LogP contribution in [0.25, 0.3) is 11.0 Å². The van der Waals surface area contributed by atoms with Crippen molar-refractivity contribution < 1.29 is 12.8 Å². The van der Waals surface area contributed by atoms with Crippen molar-refractivity contribution in [2.24, 2.45) is 0 Å². The number of sulfonamides is 1. The Hall–Kier alpha value is -3.44. The zero-order valence-electron chi connectivity index (χ0n) is 14.8. The number of rotatable bonds is 4. The van der Waals surface area contributed by atoms with Crippen molar-refractivity contribution in [3.05, 3.63) is 60.4 Å². The van der Waals surface area contributed by atoms with Gasteiger partial charge in [-0.05, 0) is 42.5 Å². The maximum atomic E-state index is 12.8. The fraction of sp³-hybridized carbons (Fsp3) is 0.0556. The molecule has 29 heavy (non-hydrogen) atoms. The second-order valence-electron chi connectivity index (χ2n) is 6.32. The molecule has 0 fully saturated rings. The number of furan rings is 1. The van der Waals surface area contributed by atoms with Gasteiger partial charge in [0.1, 0.15) is 21.8 Å². The first-order valence-corrected chi connectivity index (χ1v) is 10.8. The van der Waals surface area contributed by atoms with E-state index in [1.165, 1.54) is 12.3 Å². The van der Waals surface area contributed by atoms with Gasteiger partial charge in [0.15, 0.2) is 0 Å². The summed E-state index contributed by atoms with van der Waals surface area (Å²) in [6.07, 6.45) is 1.53. The quantitative estimate of drug-likeness (QED) is 0.457. The first-order valence-electron chi connectivity index (χ1n) is 8.55. The second-order valence-corrected chi connectivity index (χ2v) is 8.49. The highest BCUT2D eigenvalue weighted by Crippen LogP contribution is 2.29. The number of amidine groups is 1. The maximum Gasteiger partial charge on any atom is 0.264 e. The topological polar surface area (TPSA) is 124 Å². The molecule has 0 saturated heterocycles. The summed E-state index contributed by atoms with van der Waals surface area (Å²) < 4.78 is 41.7. The fourth-order valence-corrected chi connectivity index (χ4v) is 4.97. The number of nitrogens with one attached hydrogen (secondary N) is 3. The number of nitrogens with zero attached hydrogens (tertiary/aromatic N) is 3. The number of hydrogen-bond acceptors (Lipinski definition) is 8. The lowest BCUT2D eigenvalue weighted by atomic mass is 10.2. The van der Waals surface area contributed by atoms with Gasteiger partial charge in [-0.3, -0.25) is 10.1 Å². The molecule has 1 aliphatic rings. The number of fused-ring (bicyclic) bond motifs is 2. The van der Waals surface area contributed by atoms with Crippen molar-refractivity contribution in [1.29, 1.82) is 5.41 Å². The van der Waals surface area contributed by atoms with Gasteiger partial charge in [-0.25, -0.2) is 8.42 Å². The van der Waals surface area contributed by atoms with Gasteiger partial charge < -0.3 is 14.6 Å². The highest BCUT2D eigenvalue weighted by Gasteiger charge is 2.25. The van der Waals surface area contributed by atoms with Crippen molar-refractivity contribution >= 4 is 55.9 Å². The summed E-state index contributed by atoms with van der Waals surface area (Å²) in [4.78, 5) is 1.85. The minimum Gasteiger partial charge on any atom is -0.448 e. The molecule has 0 radical (unpaired) electrons. The van der Waals surface area contributed by atoms with E-state index >= 15 is 0 Å². The van der Waals surface area contributed by atoms with Crippen LogP contribution in [0.4, 0.5) is 17.3 Å². The van der Waals surface area contributed by atoms with Crippen molar-refractivity contribution in [3.8, 4) is 0 Å². The van der Waals surface area contributed by atoms with E-state index in [1.54, 1.807) is 47.4 Å². The van der Waals surface area contributed by atoms with Gasteiger partial charge >= 0.3 is 0 Å². The van der Waals surface area contributed by atoms with Crippen LogP contribution in [-0.2, 0) is 10.0 Å². The van der Waals surface area contributed by atoms with E-state index in [-0.39, 0.29) is 4.90 Å². The lowest BCUT2D eigenvalue weighted by molar-refractivity contribution is 0.577. The molecule has 0 unspecified atom stereocenters. The highest BCUT2D eigenvalue weighted by atomic mass is 32.2. The van der Waals surface area contributed by atoms with E-state index < -0.39 is 10.0 Å². The third-order valence-electron chi connectivity index (χ3n) is 4.56. The molecule has 5 rings (SSSR count). The van der Waals surface area contributed by atoms with Crippen LogP contribution >= 0.6 is 11.7 Å². The summed E-state index contributed by atoms with van der Waals surface area (Å²) in [5, 5.41) is 11.5. The van der Waals surface area contributed by atoms with Crippen molar-refractivity contribution in [2.75, 3.05) is 21.6 Å². The van der Waals surface area contributed by atoms with Gasteiger partial charge in [-0.15, -0.1) is 0 Å². The fourth-order valence-electron chi connectivity index (χ4n) is 3.15. The second kappa shape index (κ2) is 6.57. The molecule has 0 spiro atoms. The summed E-state index contributed by atoms with van der Waals surface area (Å²) in [6.45, 7) is 0.378. The van der Waals surface area contributed by atoms with Gasteiger partial charge in [0.2, 0.25) is 5.88 Å². The zero-order valence-corrected chi connectivity index (χ0v) is 16.4. The van der Waals surface area contributed by atoms with Gasteiger partial charge in [-0.1, -0.05) is 6.07 Å². The molecule has 4 aromatic rings. The lowest BCUT2D eigenvalue weighted by Crippen LogP contribution is -2.39. The van der Waals surface area contributed by atoms with Crippen LogP contribution < -0.4 is 14.9 Å². The molecular formula is C18H14N6O3S2. The monoisotopic (exact) mass is 426 g/mol. The summed E-state index contributed by atoms with van der Waals surface area (Å²) in [5.41, 5.74) is 2.73. The Morgan fingerprint density at radius 1 is 1.14 bits per heavy atom. The third kappa shape index (κ3) is 3.00. The van der Waals surface area contributed by atoms with E-state index in [0.717, 1.165) is 17.4 Å². The van der Waals surface area contributed by atoms with E-state index in [4.69, 9.17) is 9.83 Å². The predicted molar refractivity (Wildman–Crippen MR) is 111 cm³/mol. The molecule has 0 bridgehead atoms. The first kappa shape index (κ1) is 17.6. The summed E-state index contributed by atoms with van der Waals surface area (Å²) in [6, 6.07) is 13.4. The Morgan fingerprint density at radius 2 is 1.97 bits per heavy atom. The summed E-state index contributed by atoms with van der Waals surface area (Å²) in [7, 11) is -3.82. The van der Waals surface area contributed by atoms with E-state index in [1.807, 2.05) is 0 Å². The zero-order chi connectivity index (χ0) is 20.0. The SMILES string of the molecule is N=C1c2ccoc2NCN1c1ccc(NS(=O)(=O)c2cccc3nsnc23)cc1. The van der Waals surface area contributed by atoms with Crippen molar-refractivity contribution in [3.63, 3.8) is 0 Å². The Labute approximate surface area is 169 Å². The van der Waals surface area contributed by atoms with Crippen LogP contribution in [0.15, 0.2) is 64.1 Å². The standard InChI is InChI=1S/C18H14N6O3S2/c19-17-13-8-9-27-18(13)20-10-24(17)12-6-4-11(5-7-12)23-29(25,26)15-3-1-2-14-16(15)22-28-21-14/h1-9,19-20,23H,10H2. The molecule has 11 heteroatoms. The van der Waals surface area contributed by atoms with Crippen LogP contribution in [-0.4, -0.2) is 29.7 Å². The van der Waals surface area contributed by atoms with E-state index in [2.05, 4.69) is 18.8 Å². The van der Waals surface area contributed by atoms with Crippen molar-refractivity contribution in [1.82, 2.24) is 8.75 Å². The maximum absolute atomic E-state index is 12.8. The smallest absolute Gasteiger partial charge is 0.264 e. The van der Waals surface area contributed by atoms with Crippen LogP contribution in [0.1, 0.15) is 5.56 Å². The van der Waals surface area contributed by atoms with Crippen LogP contribution in [0.3, 0.4) is 0 Å². The molecule has 3 heterocycles. The molecule has 2 aromatic heterocycles. The first-order chi connectivity index (χ1) is 14.0. The minimum absolute atomic E-state index is 0.0855. The van der Waals surface area contributed by atoms with Gasteiger partial charge in [-0.2, -0.15) is 8.75 Å². The average Bonchev–Trinajstić information content (AvgIpc) is 3.38. The lowest BCUT2D eigenvalue weighted by Gasteiger charge is -2.29. The Balaban J connectivity index is 1.40. The highest BCUT2D eigenvalue weighted by molar-refractivity contribution is 7.93. The molecular weight excluding hydrogens is 412 g/mol. The Kier molecular flexibility index (Phi) is 4.00. The Morgan fingerprint density at radius 3 is 2.79 bits per heavy atom. The molecule has 1 aliphatic heterocycles.